The van der Waals surface area contributed by atoms with Gasteiger partial charge in [-0.15, -0.1) is 0 Å². The van der Waals surface area contributed by atoms with Crippen LogP contribution in [0.25, 0.3) is 0 Å². The maximum atomic E-state index is 12.3. The molecule has 0 fully saturated rings. The van der Waals surface area contributed by atoms with Gasteiger partial charge in [0.1, 0.15) is 6.17 Å². The average molecular weight is 382 g/mol. The third kappa shape index (κ3) is 3.47. The lowest BCUT2D eigenvalue weighted by Gasteiger charge is -2.35. The summed E-state index contributed by atoms with van der Waals surface area (Å²) < 4.78 is 0. The summed E-state index contributed by atoms with van der Waals surface area (Å²) in [6, 6.07) is 11.6. The van der Waals surface area contributed by atoms with Crippen molar-refractivity contribution in [1.82, 2.24) is 10.6 Å². The van der Waals surface area contributed by atoms with Gasteiger partial charge in [-0.3, -0.25) is 30.3 Å². The van der Waals surface area contributed by atoms with Crippen LogP contribution in [0.4, 0.5) is 11.4 Å². The molecule has 0 spiro atoms. The number of para-hydroxylation sites is 2. The lowest BCUT2D eigenvalue weighted by Crippen LogP contribution is -2.43. The molecule has 0 radical (unpaired) electrons. The Hall–Kier alpha value is -3.59. The number of nitrogens with one attached hydrogen (secondary N) is 2. The summed E-state index contributed by atoms with van der Waals surface area (Å²) in [7, 11) is 0. The van der Waals surface area contributed by atoms with E-state index in [4.69, 9.17) is 0 Å². The summed E-state index contributed by atoms with van der Waals surface area (Å²) in [4.78, 5) is 34.2. The van der Waals surface area contributed by atoms with Crippen LogP contribution in [0.2, 0.25) is 0 Å². The lowest BCUT2D eigenvalue weighted by atomic mass is 9.90. The topological polar surface area (TPSA) is 127 Å². The maximum Gasteiger partial charge on any atom is 0.276 e. The summed E-state index contributed by atoms with van der Waals surface area (Å²) in [6.07, 6.45) is -0.700. The van der Waals surface area contributed by atoms with E-state index in [1.54, 1.807) is 43.3 Å². The first-order valence-corrected chi connectivity index (χ1v) is 8.52. The first-order chi connectivity index (χ1) is 13.3. The predicted molar refractivity (Wildman–Crippen MR) is 101 cm³/mol. The van der Waals surface area contributed by atoms with Crippen LogP contribution >= 0.6 is 0 Å². The Kier molecular flexibility index (Phi) is 5.18. The minimum Gasteiger partial charge on any atom is -0.369 e. The standard InChI is InChI=1S/C19H18N4O5/c1-11-17(12(2)24)18(13-7-3-5-9-15(13)22(25)26)21-19(20-11)14-8-4-6-10-16(14)23(27)28/h3-10,18-21H,1-2H3/t18-,19+/m0/s1. The van der Waals surface area contributed by atoms with Crippen molar-refractivity contribution in [2.75, 3.05) is 0 Å². The van der Waals surface area contributed by atoms with Crippen LogP contribution in [-0.2, 0) is 4.79 Å². The fourth-order valence-corrected chi connectivity index (χ4v) is 3.48. The highest BCUT2D eigenvalue weighted by Gasteiger charge is 2.36. The molecule has 0 aliphatic carbocycles. The van der Waals surface area contributed by atoms with Gasteiger partial charge in [-0.2, -0.15) is 0 Å². The molecular weight excluding hydrogens is 364 g/mol. The summed E-state index contributed by atoms with van der Waals surface area (Å²) in [5.74, 6) is -0.248. The van der Waals surface area contributed by atoms with Gasteiger partial charge < -0.3 is 5.32 Å². The van der Waals surface area contributed by atoms with E-state index in [1.807, 2.05) is 0 Å². The van der Waals surface area contributed by atoms with Gasteiger partial charge in [0.2, 0.25) is 0 Å². The van der Waals surface area contributed by atoms with Crippen LogP contribution in [0.3, 0.4) is 0 Å². The van der Waals surface area contributed by atoms with Crippen molar-refractivity contribution in [3.05, 3.63) is 91.2 Å². The molecule has 0 bridgehead atoms. The van der Waals surface area contributed by atoms with Crippen LogP contribution in [0.5, 0.6) is 0 Å². The number of hydrogen-bond acceptors (Lipinski definition) is 7. The molecular formula is C19H18N4O5. The first kappa shape index (κ1) is 19.2. The van der Waals surface area contributed by atoms with Crippen LogP contribution in [-0.4, -0.2) is 15.6 Å². The molecule has 2 aromatic rings. The summed E-state index contributed by atoms with van der Waals surface area (Å²) in [5, 5.41) is 29.1. The second kappa shape index (κ2) is 7.57. The quantitative estimate of drug-likeness (QED) is 0.600. The number of nitro groups is 2. The largest absolute Gasteiger partial charge is 0.369 e. The van der Waals surface area contributed by atoms with Crippen LogP contribution in [0.15, 0.2) is 59.8 Å². The van der Waals surface area contributed by atoms with Gasteiger partial charge in [0.05, 0.1) is 27.0 Å². The Bertz CT molecular complexity index is 1000. The fourth-order valence-electron chi connectivity index (χ4n) is 3.48. The van der Waals surface area contributed by atoms with Crippen molar-refractivity contribution in [2.24, 2.45) is 0 Å². The number of ketones is 1. The zero-order valence-electron chi connectivity index (χ0n) is 15.2. The van der Waals surface area contributed by atoms with Crippen molar-refractivity contribution in [3.63, 3.8) is 0 Å². The second-order valence-electron chi connectivity index (χ2n) is 6.40. The number of hydrogen-bond donors (Lipinski definition) is 2. The van der Waals surface area contributed by atoms with E-state index in [9.17, 15) is 25.0 Å². The Morgan fingerprint density at radius 1 is 0.929 bits per heavy atom. The summed E-state index contributed by atoms with van der Waals surface area (Å²) in [6.45, 7) is 3.07. The molecule has 1 heterocycles. The molecule has 2 N–H and O–H groups in total. The highest BCUT2D eigenvalue weighted by molar-refractivity contribution is 5.95. The van der Waals surface area contributed by atoms with Crippen LogP contribution in [0, 0.1) is 20.2 Å². The highest BCUT2D eigenvalue weighted by Crippen LogP contribution is 2.37. The normalized spacial score (nSPS) is 19.1. The Balaban J connectivity index is 2.15. The third-order valence-corrected chi connectivity index (χ3v) is 4.66. The SMILES string of the molecule is CC(=O)C1=C(C)N[C@@H](c2ccccc2[N+](=O)[O-])N[C@H]1c1ccccc1[N+](=O)[O-]. The zero-order valence-corrected chi connectivity index (χ0v) is 15.2. The number of Topliss-reactive ketones (excluding diaryl/α,β-unsaturated/α-hetero) is 1. The van der Waals surface area contributed by atoms with E-state index in [1.165, 1.54) is 19.1 Å². The molecule has 0 saturated carbocycles. The molecule has 144 valence electrons. The number of nitrogens with zero attached hydrogens (tertiary/aromatic N) is 2. The van der Waals surface area contributed by atoms with Gasteiger partial charge in [0.15, 0.2) is 5.78 Å². The van der Waals surface area contributed by atoms with Crippen molar-refractivity contribution in [1.29, 1.82) is 0 Å². The van der Waals surface area contributed by atoms with Crippen LogP contribution < -0.4 is 10.6 Å². The molecule has 3 rings (SSSR count). The number of carbonyl (C=O) groups is 1. The van der Waals surface area contributed by atoms with E-state index in [2.05, 4.69) is 10.6 Å². The highest BCUT2D eigenvalue weighted by atomic mass is 16.6. The third-order valence-electron chi connectivity index (χ3n) is 4.66. The summed E-state index contributed by atoms with van der Waals surface area (Å²) in [5.41, 5.74) is 1.34. The molecule has 1 aliphatic heterocycles. The number of nitro benzene ring substituents is 2. The first-order valence-electron chi connectivity index (χ1n) is 8.52. The fraction of sp³-hybridized carbons (Fsp3) is 0.211. The maximum absolute atomic E-state index is 12.3. The van der Waals surface area contributed by atoms with Gasteiger partial charge in [-0.1, -0.05) is 30.3 Å². The van der Waals surface area contributed by atoms with Crippen molar-refractivity contribution in [3.8, 4) is 0 Å². The lowest BCUT2D eigenvalue weighted by molar-refractivity contribution is -0.386. The van der Waals surface area contributed by atoms with Crippen molar-refractivity contribution >= 4 is 17.2 Å². The second-order valence-corrected chi connectivity index (χ2v) is 6.40. The van der Waals surface area contributed by atoms with E-state index in [-0.39, 0.29) is 17.2 Å². The monoisotopic (exact) mass is 382 g/mol. The minimum atomic E-state index is -0.787. The molecule has 2 aromatic carbocycles. The Labute approximate surface area is 160 Å². The van der Waals surface area contributed by atoms with Gasteiger partial charge in [0.25, 0.3) is 11.4 Å². The van der Waals surface area contributed by atoms with E-state index in [0.29, 0.717) is 22.4 Å². The number of rotatable bonds is 5. The average Bonchev–Trinajstić information content (AvgIpc) is 2.66. The molecule has 0 unspecified atom stereocenters. The minimum absolute atomic E-state index is 0.0899. The van der Waals surface area contributed by atoms with Crippen LogP contribution in [0.1, 0.15) is 37.2 Å². The molecule has 0 saturated heterocycles. The molecule has 0 amide bonds. The molecule has 9 heteroatoms. The molecule has 1 aliphatic rings. The molecule has 2 atom stereocenters. The van der Waals surface area contributed by atoms with E-state index >= 15 is 0 Å². The van der Waals surface area contributed by atoms with Crippen molar-refractivity contribution < 1.29 is 14.6 Å². The van der Waals surface area contributed by atoms with Gasteiger partial charge in [-0.25, -0.2) is 0 Å². The Morgan fingerprint density at radius 3 is 1.96 bits per heavy atom. The molecule has 0 aromatic heterocycles. The van der Waals surface area contributed by atoms with E-state index < -0.39 is 22.1 Å². The molecule has 28 heavy (non-hydrogen) atoms. The Morgan fingerprint density at radius 2 is 1.43 bits per heavy atom. The van der Waals surface area contributed by atoms with Gasteiger partial charge >= 0.3 is 0 Å². The zero-order chi connectivity index (χ0) is 20.4. The van der Waals surface area contributed by atoms with Crippen molar-refractivity contribution in [2.45, 2.75) is 26.1 Å². The van der Waals surface area contributed by atoms with Gasteiger partial charge in [-0.05, 0) is 19.9 Å². The summed E-state index contributed by atoms with van der Waals surface area (Å²) >= 11 is 0. The number of carbonyl (C=O) groups excluding carboxylic acids is 1. The smallest absolute Gasteiger partial charge is 0.276 e. The van der Waals surface area contributed by atoms with E-state index in [0.717, 1.165) is 0 Å². The van der Waals surface area contributed by atoms with Gasteiger partial charge in [0, 0.05) is 23.4 Å². The predicted octanol–water partition coefficient (Wildman–Crippen LogP) is 3.30. The molecule has 9 nitrogen and oxygen atoms in total. The number of benzene rings is 2. The number of allylic oxidation sites excluding steroid dienone is 1.